The van der Waals surface area contributed by atoms with E-state index in [0.717, 1.165) is 12.0 Å². The van der Waals surface area contributed by atoms with E-state index in [4.69, 9.17) is 9.47 Å². The fourth-order valence-corrected chi connectivity index (χ4v) is 2.35. The third-order valence-corrected chi connectivity index (χ3v) is 3.81. The summed E-state index contributed by atoms with van der Waals surface area (Å²) in [6.45, 7) is 3.82. The van der Waals surface area contributed by atoms with E-state index in [1.807, 2.05) is 19.1 Å². The number of carbonyl (C=O) groups is 3. The first-order chi connectivity index (χ1) is 12.5. The van der Waals surface area contributed by atoms with Gasteiger partial charge in [-0.2, -0.15) is 0 Å². The Bertz CT molecular complexity index is 750. The van der Waals surface area contributed by atoms with Gasteiger partial charge in [0.2, 0.25) is 6.10 Å². The van der Waals surface area contributed by atoms with E-state index in [1.54, 1.807) is 49.4 Å². The van der Waals surface area contributed by atoms with E-state index < -0.39 is 24.0 Å². The molecular weight excluding hydrogens is 332 g/mol. The van der Waals surface area contributed by atoms with Crippen LogP contribution in [0.25, 0.3) is 0 Å². The molecule has 0 bridgehead atoms. The predicted octanol–water partition coefficient (Wildman–Crippen LogP) is 4.02. The maximum Gasteiger partial charge on any atom is 0.359 e. The van der Waals surface area contributed by atoms with Gasteiger partial charge in [0.05, 0.1) is 5.56 Å². The van der Waals surface area contributed by atoms with Crippen molar-refractivity contribution in [1.82, 2.24) is 0 Å². The molecule has 0 saturated heterocycles. The third-order valence-electron chi connectivity index (χ3n) is 3.81. The summed E-state index contributed by atoms with van der Waals surface area (Å²) in [7, 11) is 0. The lowest BCUT2D eigenvalue weighted by molar-refractivity contribution is -0.166. The summed E-state index contributed by atoms with van der Waals surface area (Å²) in [4.78, 5) is 36.4. The number of carbonyl (C=O) groups excluding carboxylic acids is 3. The topological polar surface area (TPSA) is 69.7 Å². The van der Waals surface area contributed by atoms with E-state index in [9.17, 15) is 14.4 Å². The Balaban J connectivity index is 2.19. The first kappa shape index (κ1) is 19.4. The zero-order valence-electron chi connectivity index (χ0n) is 14.9. The molecule has 2 rings (SSSR count). The van der Waals surface area contributed by atoms with Crippen molar-refractivity contribution in [2.45, 2.75) is 39.2 Å². The molecular formula is C21H22O5. The quantitative estimate of drug-likeness (QED) is 0.555. The lowest BCUT2D eigenvalue weighted by Gasteiger charge is -2.16. The van der Waals surface area contributed by atoms with Crippen LogP contribution in [0.4, 0.5) is 0 Å². The molecule has 0 aliphatic heterocycles. The lowest BCUT2D eigenvalue weighted by atomic mass is 10.1. The average Bonchev–Trinajstić information content (AvgIpc) is 2.66. The van der Waals surface area contributed by atoms with Crippen LogP contribution in [-0.4, -0.2) is 17.9 Å². The summed E-state index contributed by atoms with van der Waals surface area (Å²) in [5, 5.41) is 0. The van der Waals surface area contributed by atoms with E-state index in [-0.39, 0.29) is 6.42 Å². The van der Waals surface area contributed by atoms with Crippen molar-refractivity contribution in [1.29, 1.82) is 0 Å². The number of rotatable bonds is 7. The molecule has 0 N–H and O–H groups in total. The van der Waals surface area contributed by atoms with Gasteiger partial charge in [0.1, 0.15) is 0 Å². The Labute approximate surface area is 152 Å². The van der Waals surface area contributed by atoms with Crippen LogP contribution in [0.1, 0.15) is 54.3 Å². The molecule has 1 unspecified atom stereocenters. The second kappa shape index (κ2) is 9.51. The van der Waals surface area contributed by atoms with E-state index in [0.29, 0.717) is 17.5 Å². The van der Waals surface area contributed by atoms with Crippen molar-refractivity contribution in [2.75, 3.05) is 0 Å². The smallest absolute Gasteiger partial charge is 0.359 e. The third kappa shape index (κ3) is 5.28. The van der Waals surface area contributed by atoms with Crippen LogP contribution in [0.5, 0.6) is 0 Å². The molecule has 5 heteroatoms. The van der Waals surface area contributed by atoms with Gasteiger partial charge in [0, 0.05) is 12.0 Å². The van der Waals surface area contributed by atoms with E-state index in [1.165, 1.54) is 0 Å². The zero-order valence-corrected chi connectivity index (χ0v) is 14.9. The molecule has 0 amide bonds. The normalized spacial score (nSPS) is 11.5. The van der Waals surface area contributed by atoms with Crippen molar-refractivity contribution >= 4 is 17.9 Å². The Hall–Kier alpha value is -2.95. The number of hydrogen-bond acceptors (Lipinski definition) is 5. The molecule has 0 aliphatic carbocycles. The summed E-state index contributed by atoms with van der Waals surface area (Å²) in [5.74, 6) is -2.18. The SMILES string of the molecule is CCCC(=O)OC(=O)C(OC(=O)c1ccc(CC)cc1)c1ccccc1. The second-order valence-corrected chi connectivity index (χ2v) is 5.79. The molecule has 0 fully saturated rings. The summed E-state index contributed by atoms with van der Waals surface area (Å²) in [6, 6.07) is 15.5. The Morgan fingerprint density at radius 2 is 1.58 bits per heavy atom. The van der Waals surface area contributed by atoms with E-state index in [2.05, 4.69) is 0 Å². The molecule has 2 aromatic carbocycles. The first-order valence-corrected chi connectivity index (χ1v) is 8.64. The van der Waals surface area contributed by atoms with Crippen molar-refractivity contribution in [2.24, 2.45) is 0 Å². The van der Waals surface area contributed by atoms with Crippen LogP contribution in [0.3, 0.4) is 0 Å². The number of hydrogen-bond donors (Lipinski definition) is 0. The molecule has 0 aromatic heterocycles. The average molecular weight is 354 g/mol. The maximum atomic E-state index is 12.4. The number of esters is 3. The molecule has 136 valence electrons. The fourth-order valence-electron chi connectivity index (χ4n) is 2.35. The molecule has 0 heterocycles. The highest BCUT2D eigenvalue weighted by Crippen LogP contribution is 2.21. The van der Waals surface area contributed by atoms with Crippen LogP contribution in [0.15, 0.2) is 54.6 Å². The zero-order chi connectivity index (χ0) is 18.9. The lowest BCUT2D eigenvalue weighted by Crippen LogP contribution is -2.24. The Morgan fingerprint density at radius 1 is 0.923 bits per heavy atom. The largest absolute Gasteiger partial charge is 0.442 e. The highest BCUT2D eigenvalue weighted by atomic mass is 16.6. The summed E-state index contributed by atoms with van der Waals surface area (Å²) < 4.78 is 10.2. The molecule has 0 saturated carbocycles. The van der Waals surface area contributed by atoms with Gasteiger partial charge in [-0.15, -0.1) is 0 Å². The summed E-state index contributed by atoms with van der Waals surface area (Å²) >= 11 is 0. The standard InChI is InChI=1S/C21H22O5/c1-3-8-18(22)25-21(24)19(16-9-6-5-7-10-16)26-20(23)17-13-11-15(4-2)12-14-17/h5-7,9-14,19H,3-4,8H2,1-2H3. The molecule has 0 aliphatic rings. The summed E-state index contributed by atoms with van der Waals surface area (Å²) in [5.41, 5.74) is 1.86. The number of benzene rings is 2. The predicted molar refractivity (Wildman–Crippen MR) is 96.4 cm³/mol. The van der Waals surface area contributed by atoms with Crippen LogP contribution < -0.4 is 0 Å². The van der Waals surface area contributed by atoms with Gasteiger partial charge < -0.3 is 9.47 Å². The molecule has 26 heavy (non-hydrogen) atoms. The van der Waals surface area contributed by atoms with Gasteiger partial charge in [0.15, 0.2) is 0 Å². The van der Waals surface area contributed by atoms with Crippen LogP contribution in [-0.2, 0) is 25.5 Å². The number of aryl methyl sites for hydroxylation is 1. The Kier molecular flexibility index (Phi) is 7.09. The molecule has 0 spiro atoms. The van der Waals surface area contributed by atoms with Gasteiger partial charge in [-0.3, -0.25) is 4.79 Å². The molecule has 5 nitrogen and oxygen atoms in total. The van der Waals surface area contributed by atoms with Gasteiger partial charge in [-0.25, -0.2) is 9.59 Å². The summed E-state index contributed by atoms with van der Waals surface area (Å²) in [6.07, 6.45) is 0.245. The van der Waals surface area contributed by atoms with Gasteiger partial charge >= 0.3 is 17.9 Å². The Morgan fingerprint density at radius 3 is 2.15 bits per heavy atom. The minimum atomic E-state index is -1.30. The fraction of sp³-hybridized carbons (Fsp3) is 0.286. The highest BCUT2D eigenvalue weighted by Gasteiger charge is 2.28. The number of ether oxygens (including phenoxy) is 2. The van der Waals surface area contributed by atoms with Gasteiger partial charge in [-0.05, 0) is 30.5 Å². The van der Waals surface area contributed by atoms with Crippen molar-refractivity contribution in [3.63, 3.8) is 0 Å². The second-order valence-electron chi connectivity index (χ2n) is 5.79. The molecule has 2 aromatic rings. The van der Waals surface area contributed by atoms with Crippen molar-refractivity contribution < 1.29 is 23.9 Å². The van der Waals surface area contributed by atoms with Crippen LogP contribution in [0.2, 0.25) is 0 Å². The first-order valence-electron chi connectivity index (χ1n) is 8.64. The van der Waals surface area contributed by atoms with Crippen LogP contribution in [0, 0.1) is 0 Å². The van der Waals surface area contributed by atoms with Crippen molar-refractivity contribution in [3.8, 4) is 0 Å². The maximum absolute atomic E-state index is 12.4. The minimum absolute atomic E-state index is 0.125. The van der Waals surface area contributed by atoms with Gasteiger partial charge in [-0.1, -0.05) is 56.3 Å². The van der Waals surface area contributed by atoms with Crippen LogP contribution >= 0.6 is 0 Å². The highest BCUT2D eigenvalue weighted by molar-refractivity contribution is 5.94. The molecule has 0 radical (unpaired) electrons. The molecule has 1 atom stereocenters. The minimum Gasteiger partial charge on any atom is -0.442 e. The van der Waals surface area contributed by atoms with Crippen molar-refractivity contribution in [3.05, 3.63) is 71.3 Å². The van der Waals surface area contributed by atoms with Gasteiger partial charge in [0.25, 0.3) is 0 Å². The van der Waals surface area contributed by atoms with E-state index >= 15 is 0 Å². The monoisotopic (exact) mass is 354 g/mol.